The van der Waals surface area contributed by atoms with E-state index in [9.17, 15) is 0 Å². The first-order chi connectivity index (χ1) is 11.3. The number of rotatable bonds is 5. The normalized spacial score (nSPS) is 26.9. The second kappa shape index (κ2) is 11.5. The standard InChI is InChI=1S/C20H31P3/c1-3-12-21-14-8-16-23(20-10-6-5-7-11-20)17-9-15-22(13-4-2)19-18-21/h3-7,10-11H,1-2,8-9,12-19H2. The molecule has 3 heteroatoms. The van der Waals surface area contributed by atoms with Gasteiger partial charge in [0.15, 0.2) is 0 Å². The minimum Gasteiger partial charge on any atom is -0.103 e. The molecule has 1 saturated heterocycles. The zero-order chi connectivity index (χ0) is 16.3. The van der Waals surface area contributed by atoms with E-state index in [2.05, 4.69) is 55.6 Å². The van der Waals surface area contributed by atoms with Crippen LogP contribution in [0.25, 0.3) is 0 Å². The van der Waals surface area contributed by atoms with Crippen molar-refractivity contribution >= 4 is 29.1 Å². The Morgan fingerprint density at radius 1 is 0.739 bits per heavy atom. The molecule has 0 nitrogen and oxygen atoms in total. The highest BCUT2D eigenvalue weighted by Gasteiger charge is 2.17. The van der Waals surface area contributed by atoms with E-state index in [1.165, 1.54) is 62.1 Å². The Hall–Kier alpha value is -0.0100. The molecule has 1 fully saturated rings. The third-order valence-corrected chi connectivity index (χ3v) is 12.7. The molecule has 0 aliphatic carbocycles. The van der Waals surface area contributed by atoms with Crippen molar-refractivity contribution in [2.75, 3.05) is 49.3 Å². The molecule has 2 atom stereocenters. The average molecular weight is 364 g/mol. The topological polar surface area (TPSA) is 0 Å². The molecule has 1 aromatic rings. The molecule has 1 aliphatic rings. The van der Waals surface area contributed by atoms with Gasteiger partial charge < -0.3 is 0 Å². The predicted octanol–water partition coefficient (Wildman–Crippen LogP) is 5.92. The van der Waals surface area contributed by atoms with Crippen LogP contribution in [0.1, 0.15) is 12.8 Å². The van der Waals surface area contributed by atoms with Crippen LogP contribution in [0.15, 0.2) is 55.6 Å². The summed E-state index contributed by atoms with van der Waals surface area (Å²) in [6, 6.07) is 11.3. The molecule has 0 N–H and O–H groups in total. The molecule has 0 saturated carbocycles. The van der Waals surface area contributed by atoms with Crippen molar-refractivity contribution in [3.8, 4) is 0 Å². The highest BCUT2D eigenvalue weighted by Crippen LogP contribution is 2.47. The Morgan fingerprint density at radius 2 is 1.26 bits per heavy atom. The van der Waals surface area contributed by atoms with E-state index in [0.717, 1.165) is 0 Å². The third-order valence-electron chi connectivity index (χ3n) is 4.43. The number of allylic oxidation sites excluding steroid dienone is 2. The van der Waals surface area contributed by atoms with Crippen LogP contribution in [0, 0.1) is 0 Å². The van der Waals surface area contributed by atoms with Gasteiger partial charge >= 0.3 is 0 Å². The van der Waals surface area contributed by atoms with Crippen LogP contribution in [0.2, 0.25) is 0 Å². The summed E-state index contributed by atoms with van der Waals surface area (Å²) in [5.74, 6) is 0. The maximum absolute atomic E-state index is 4.00. The molecule has 1 heterocycles. The first kappa shape index (κ1) is 19.3. The summed E-state index contributed by atoms with van der Waals surface area (Å²) in [5.41, 5.74) is 0. The lowest BCUT2D eigenvalue weighted by Gasteiger charge is -2.20. The lowest BCUT2D eigenvalue weighted by atomic mass is 10.4. The van der Waals surface area contributed by atoms with Gasteiger partial charge in [0.05, 0.1) is 0 Å². The molecule has 1 aromatic carbocycles. The van der Waals surface area contributed by atoms with Crippen molar-refractivity contribution in [3.05, 3.63) is 55.6 Å². The Kier molecular flexibility index (Phi) is 9.68. The zero-order valence-electron chi connectivity index (χ0n) is 14.4. The van der Waals surface area contributed by atoms with Crippen LogP contribution in [0.3, 0.4) is 0 Å². The van der Waals surface area contributed by atoms with Gasteiger partial charge in [-0.15, -0.1) is 29.0 Å². The highest BCUT2D eigenvalue weighted by molar-refractivity contribution is 7.66. The molecule has 0 radical (unpaired) electrons. The van der Waals surface area contributed by atoms with E-state index in [-0.39, 0.29) is 23.8 Å². The second-order valence-corrected chi connectivity index (χ2v) is 13.9. The molecule has 23 heavy (non-hydrogen) atoms. The fourth-order valence-electron chi connectivity index (χ4n) is 3.22. The first-order valence-electron chi connectivity index (χ1n) is 8.80. The van der Waals surface area contributed by atoms with Crippen LogP contribution < -0.4 is 5.30 Å². The maximum Gasteiger partial charge on any atom is -0.0147 e. The summed E-state index contributed by atoms with van der Waals surface area (Å²) in [6.07, 6.45) is 18.5. The fraction of sp³-hybridized carbons (Fsp3) is 0.500. The fourth-order valence-corrected chi connectivity index (χ4v) is 11.5. The summed E-state index contributed by atoms with van der Waals surface area (Å²) in [4.78, 5) is 0. The number of benzene rings is 1. The van der Waals surface area contributed by atoms with Gasteiger partial charge in [0.25, 0.3) is 0 Å². The summed E-state index contributed by atoms with van der Waals surface area (Å²) < 4.78 is 0. The SMILES string of the molecule is C=CCP1CCCP(c2ccccc2)CCCP(CC=C)CC1. The van der Waals surface area contributed by atoms with Gasteiger partial charge in [0.1, 0.15) is 0 Å². The average Bonchev–Trinajstić information content (AvgIpc) is 2.62. The Bertz CT molecular complexity index is 433. The van der Waals surface area contributed by atoms with Crippen LogP contribution in [-0.2, 0) is 0 Å². The highest BCUT2D eigenvalue weighted by atomic mass is 31.1. The van der Waals surface area contributed by atoms with Gasteiger partial charge in [-0.2, -0.15) is 0 Å². The van der Waals surface area contributed by atoms with Gasteiger partial charge in [0.2, 0.25) is 0 Å². The quantitative estimate of drug-likeness (QED) is 0.449. The van der Waals surface area contributed by atoms with E-state index in [1.54, 1.807) is 5.30 Å². The minimum absolute atomic E-state index is 0.0612. The summed E-state index contributed by atoms with van der Waals surface area (Å²) in [7, 11) is 0.447. The molecule has 126 valence electrons. The third kappa shape index (κ3) is 7.18. The largest absolute Gasteiger partial charge is 0.103 e. The van der Waals surface area contributed by atoms with E-state index in [0.29, 0.717) is 0 Å². The zero-order valence-corrected chi connectivity index (χ0v) is 17.1. The van der Waals surface area contributed by atoms with Crippen molar-refractivity contribution in [2.45, 2.75) is 12.8 Å². The first-order valence-corrected chi connectivity index (χ1v) is 14.3. The molecule has 0 aromatic heterocycles. The Labute approximate surface area is 147 Å². The summed E-state index contributed by atoms with van der Waals surface area (Å²) >= 11 is 0. The second-order valence-electron chi connectivity index (χ2n) is 6.21. The summed E-state index contributed by atoms with van der Waals surface area (Å²) in [6.45, 7) is 7.99. The Balaban J connectivity index is 2.03. The van der Waals surface area contributed by atoms with Crippen molar-refractivity contribution in [1.29, 1.82) is 0 Å². The molecule has 2 unspecified atom stereocenters. The van der Waals surface area contributed by atoms with E-state index < -0.39 is 0 Å². The van der Waals surface area contributed by atoms with Crippen LogP contribution >= 0.6 is 23.8 Å². The minimum atomic E-state index is 0.0612. The molecule has 0 bridgehead atoms. The number of hydrogen-bond acceptors (Lipinski definition) is 0. The molecular formula is C20H31P3. The van der Waals surface area contributed by atoms with Crippen molar-refractivity contribution in [3.63, 3.8) is 0 Å². The van der Waals surface area contributed by atoms with Gasteiger partial charge in [0, 0.05) is 0 Å². The van der Waals surface area contributed by atoms with Crippen molar-refractivity contribution < 1.29 is 0 Å². The van der Waals surface area contributed by atoms with Gasteiger partial charge in [-0.05, 0) is 67.4 Å². The van der Waals surface area contributed by atoms with Crippen LogP contribution in [0.4, 0.5) is 0 Å². The van der Waals surface area contributed by atoms with Crippen LogP contribution in [-0.4, -0.2) is 49.3 Å². The monoisotopic (exact) mass is 364 g/mol. The van der Waals surface area contributed by atoms with E-state index >= 15 is 0 Å². The van der Waals surface area contributed by atoms with Crippen molar-refractivity contribution in [1.82, 2.24) is 0 Å². The lowest BCUT2D eigenvalue weighted by molar-refractivity contribution is 1.07. The molecule has 1 aliphatic heterocycles. The van der Waals surface area contributed by atoms with Gasteiger partial charge in [-0.3, -0.25) is 0 Å². The molecule has 0 amide bonds. The van der Waals surface area contributed by atoms with Crippen molar-refractivity contribution in [2.24, 2.45) is 0 Å². The lowest BCUT2D eigenvalue weighted by Crippen LogP contribution is -2.07. The molecule has 2 rings (SSSR count). The van der Waals surface area contributed by atoms with Gasteiger partial charge in [-0.25, -0.2) is 0 Å². The molecular weight excluding hydrogens is 333 g/mol. The van der Waals surface area contributed by atoms with Gasteiger partial charge in [-0.1, -0.05) is 50.4 Å². The van der Waals surface area contributed by atoms with E-state index in [1.807, 2.05) is 0 Å². The summed E-state index contributed by atoms with van der Waals surface area (Å²) in [5, 5.41) is 1.63. The predicted molar refractivity (Wildman–Crippen MR) is 115 cm³/mol. The maximum atomic E-state index is 4.00. The molecule has 0 spiro atoms. The smallest absolute Gasteiger partial charge is 0.0147 e. The number of hydrogen-bond donors (Lipinski definition) is 0. The van der Waals surface area contributed by atoms with E-state index in [4.69, 9.17) is 0 Å². The van der Waals surface area contributed by atoms with Crippen LogP contribution in [0.5, 0.6) is 0 Å². The Morgan fingerprint density at radius 3 is 1.74 bits per heavy atom.